The first-order chi connectivity index (χ1) is 6.53. The summed E-state index contributed by atoms with van der Waals surface area (Å²) >= 11 is 1.77. The molecule has 14 heavy (non-hydrogen) atoms. The Morgan fingerprint density at radius 2 is 2.21 bits per heavy atom. The zero-order valence-electron chi connectivity index (χ0n) is 9.55. The fourth-order valence-corrected chi connectivity index (χ4v) is 2.45. The highest BCUT2D eigenvalue weighted by Gasteiger charge is 2.19. The van der Waals surface area contributed by atoms with Gasteiger partial charge < -0.3 is 5.32 Å². The van der Waals surface area contributed by atoms with Gasteiger partial charge in [0.2, 0.25) is 0 Å². The molecule has 0 aliphatic carbocycles. The van der Waals surface area contributed by atoms with Crippen molar-refractivity contribution in [2.75, 3.05) is 13.1 Å². The summed E-state index contributed by atoms with van der Waals surface area (Å²) in [7, 11) is 0. The Morgan fingerprint density at radius 3 is 2.71 bits per heavy atom. The first kappa shape index (κ1) is 11.7. The van der Waals surface area contributed by atoms with Crippen molar-refractivity contribution in [1.82, 2.24) is 10.3 Å². The van der Waals surface area contributed by atoms with Gasteiger partial charge in [0, 0.05) is 24.0 Å². The molecule has 0 aliphatic heterocycles. The number of aromatic nitrogens is 1. The number of thiazole rings is 1. The van der Waals surface area contributed by atoms with Gasteiger partial charge in [-0.2, -0.15) is 0 Å². The maximum absolute atomic E-state index is 4.49. The number of nitrogens with zero attached hydrogens (tertiary/aromatic N) is 1. The summed E-state index contributed by atoms with van der Waals surface area (Å²) in [5.74, 6) is 0. The number of rotatable bonds is 5. The average molecular weight is 212 g/mol. The molecule has 0 amide bonds. The fraction of sp³-hybridized carbons (Fsp3) is 0.727. The van der Waals surface area contributed by atoms with Crippen molar-refractivity contribution >= 4 is 11.3 Å². The van der Waals surface area contributed by atoms with Crippen LogP contribution in [0, 0.1) is 12.3 Å². The molecule has 3 heteroatoms. The second-order valence-corrected chi connectivity index (χ2v) is 5.45. The van der Waals surface area contributed by atoms with E-state index in [-0.39, 0.29) is 0 Å². The van der Waals surface area contributed by atoms with Gasteiger partial charge in [0.1, 0.15) is 0 Å². The standard InChI is InChI=1S/C11H20N2S/c1-5-12-8-11(3,4)6-10-13-9(2)7-14-10/h7,12H,5-6,8H2,1-4H3. The molecule has 0 atom stereocenters. The van der Waals surface area contributed by atoms with Crippen molar-refractivity contribution in [2.45, 2.75) is 34.1 Å². The van der Waals surface area contributed by atoms with E-state index in [1.807, 2.05) is 0 Å². The van der Waals surface area contributed by atoms with Crippen LogP contribution in [0.3, 0.4) is 0 Å². The van der Waals surface area contributed by atoms with Crippen LogP contribution in [0.2, 0.25) is 0 Å². The third kappa shape index (κ3) is 3.76. The van der Waals surface area contributed by atoms with E-state index >= 15 is 0 Å². The first-order valence-electron chi connectivity index (χ1n) is 5.15. The van der Waals surface area contributed by atoms with Crippen molar-refractivity contribution in [3.63, 3.8) is 0 Å². The topological polar surface area (TPSA) is 24.9 Å². The summed E-state index contributed by atoms with van der Waals surface area (Å²) in [5.41, 5.74) is 1.45. The Kier molecular flexibility index (Phi) is 4.08. The molecule has 1 aromatic rings. The van der Waals surface area contributed by atoms with Crippen LogP contribution in [-0.4, -0.2) is 18.1 Å². The molecule has 1 N–H and O–H groups in total. The van der Waals surface area contributed by atoms with Crippen molar-refractivity contribution in [3.05, 3.63) is 16.1 Å². The molecule has 1 rings (SSSR count). The normalized spacial score (nSPS) is 12.0. The van der Waals surface area contributed by atoms with E-state index in [9.17, 15) is 0 Å². The van der Waals surface area contributed by atoms with Gasteiger partial charge in [0.15, 0.2) is 0 Å². The molecule has 0 spiro atoms. The van der Waals surface area contributed by atoms with E-state index in [0.29, 0.717) is 5.41 Å². The maximum Gasteiger partial charge on any atom is 0.0933 e. The molecule has 0 aliphatic rings. The zero-order chi connectivity index (χ0) is 10.6. The third-order valence-electron chi connectivity index (χ3n) is 2.15. The Labute approximate surface area is 90.8 Å². The van der Waals surface area contributed by atoms with E-state index in [1.54, 1.807) is 11.3 Å². The van der Waals surface area contributed by atoms with E-state index in [1.165, 1.54) is 5.01 Å². The van der Waals surface area contributed by atoms with Crippen LogP contribution in [0.1, 0.15) is 31.5 Å². The Balaban J connectivity index is 2.49. The first-order valence-corrected chi connectivity index (χ1v) is 6.03. The SMILES string of the molecule is CCNCC(C)(C)Cc1nc(C)cs1. The van der Waals surface area contributed by atoms with Gasteiger partial charge in [-0.3, -0.25) is 0 Å². The largest absolute Gasteiger partial charge is 0.316 e. The minimum atomic E-state index is 0.306. The smallest absolute Gasteiger partial charge is 0.0933 e. The summed E-state index contributed by atoms with van der Waals surface area (Å²) in [6.07, 6.45) is 1.07. The lowest BCUT2D eigenvalue weighted by Gasteiger charge is -2.23. The molecule has 2 nitrogen and oxygen atoms in total. The summed E-state index contributed by atoms with van der Waals surface area (Å²) in [4.78, 5) is 4.49. The van der Waals surface area contributed by atoms with Crippen molar-refractivity contribution < 1.29 is 0 Å². The lowest BCUT2D eigenvalue weighted by molar-refractivity contribution is 0.341. The Hall–Kier alpha value is -0.410. The molecule has 0 fully saturated rings. The highest BCUT2D eigenvalue weighted by molar-refractivity contribution is 7.09. The van der Waals surface area contributed by atoms with E-state index in [4.69, 9.17) is 0 Å². The monoisotopic (exact) mass is 212 g/mol. The van der Waals surface area contributed by atoms with Crippen LogP contribution in [0.15, 0.2) is 5.38 Å². The second-order valence-electron chi connectivity index (χ2n) is 4.50. The van der Waals surface area contributed by atoms with Crippen LogP contribution in [0.25, 0.3) is 0 Å². The van der Waals surface area contributed by atoms with Gasteiger partial charge in [-0.15, -0.1) is 11.3 Å². The van der Waals surface area contributed by atoms with Gasteiger partial charge in [-0.05, 0) is 18.9 Å². The minimum Gasteiger partial charge on any atom is -0.316 e. The predicted molar refractivity (Wildman–Crippen MR) is 62.9 cm³/mol. The fourth-order valence-electron chi connectivity index (χ4n) is 1.42. The highest BCUT2D eigenvalue weighted by atomic mass is 32.1. The van der Waals surface area contributed by atoms with E-state index in [0.717, 1.165) is 25.2 Å². The number of hydrogen-bond acceptors (Lipinski definition) is 3. The van der Waals surface area contributed by atoms with Gasteiger partial charge in [-0.25, -0.2) is 4.98 Å². The predicted octanol–water partition coefficient (Wildman–Crippen LogP) is 2.63. The quantitative estimate of drug-likeness (QED) is 0.811. The molecule has 0 aromatic carbocycles. The summed E-state index contributed by atoms with van der Waals surface area (Å²) < 4.78 is 0. The number of hydrogen-bond donors (Lipinski definition) is 1. The molecule has 0 bridgehead atoms. The molecule has 80 valence electrons. The summed E-state index contributed by atoms with van der Waals surface area (Å²) in [6, 6.07) is 0. The maximum atomic E-state index is 4.49. The Morgan fingerprint density at radius 1 is 1.50 bits per heavy atom. The van der Waals surface area contributed by atoms with Gasteiger partial charge in [-0.1, -0.05) is 20.8 Å². The van der Waals surface area contributed by atoms with Crippen LogP contribution < -0.4 is 5.32 Å². The van der Waals surface area contributed by atoms with Crippen molar-refractivity contribution in [2.24, 2.45) is 5.41 Å². The molecule has 0 saturated heterocycles. The van der Waals surface area contributed by atoms with E-state index in [2.05, 4.69) is 43.4 Å². The van der Waals surface area contributed by atoms with Crippen molar-refractivity contribution in [3.8, 4) is 0 Å². The Bertz CT molecular complexity index is 279. The van der Waals surface area contributed by atoms with Crippen molar-refractivity contribution in [1.29, 1.82) is 0 Å². The summed E-state index contributed by atoms with van der Waals surface area (Å²) in [6.45, 7) is 10.9. The van der Waals surface area contributed by atoms with Crippen LogP contribution in [0.4, 0.5) is 0 Å². The van der Waals surface area contributed by atoms with Gasteiger partial charge >= 0.3 is 0 Å². The number of nitrogens with one attached hydrogen (secondary N) is 1. The molecular weight excluding hydrogens is 192 g/mol. The molecule has 1 heterocycles. The molecule has 0 unspecified atom stereocenters. The average Bonchev–Trinajstić information content (AvgIpc) is 2.47. The van der Waals surface area contributed by atoms with Crippen LogP contribution in [-0.2, 0) is 6.42 Å². The lowest BCUT2D eigenvalue weighted by atomic mass is 9.89. The molecule has 0 radical (unpaired) electrons. The minimum absolute atomic E-state index is 0.306. The lowest BCUT2D eigenvalue weighted by Crippen LogP contribution is -2.30. The van der Waals surface area contributed by atoms with Gasteiger partial charge in [0.25, 0.3) is 0 Å². The van der Waals surface area contributed by atoms with E-state index < -0.39 is 0 Å². The molecule has 0 saturated carbocycles. The van der Waals surface area contributed by atoms with Crippen LogP contribution in [0.5, 0.6) is 0 Å². The number of aryl methyl sites for hydroxylation is 1. The van der Waals surface area contributed by atoms with Crippen LogP contribution >= 0.6 is 11.3 Å². The second kappa shape index (κ2) is 4.89. The third-order valence-corrected chi connectivity index (χ3v) is 3.12. The molecular formula is C11H20N2S. The van der Waals surface area contributed by atoms with Gasteiger partial charge in [0.05, 0.1) is 5.01 Å². The highest BCUT2D eigenvalue weighted by Crippen LogP contribution is 2.22. The summed E-state index contributed by atoms with van der Waals surface area (Å²) in [5, 5.41) is 6.77. The molecule has 1 aromatic heterocycles. The zero-order valence-corrected chi connectivity index (χ0v) is 10.4.